The van der Waals surface area contributed by atoms with E-state index < -0.39 is 6.04 Å². The smallest absolute Gasteiger partial charge is 0.239 e. The van der Waals surface area contributed by atoms with Crippen LogP contribution < -0.4 is 5.73 Å². The molecule has 2 atom stereocenters. The SMILES string of the molecule is CC(c1cccs1)N(C)C(=O)[C@@H](C)N.Cl. The minimum Gasteiger partial charge on any atom is -0.337 e. The number of halogens is 1. The van der Waals surface area contributed by atoms with E-state index in [9.17, 15) is 4.79 Å². The molecule has 3 nitrogen and oxygen atoms in total. The Kier molecular flexibility index (Phi) is 5.87. The van der Waals surface area contributed by atoms with Gasteiger partial charge >= 0.3 is 0 Å². The third-order valence-corrected chi connectivity index (χ3v) is 3.32. The van der Waals surface area contributed by atoms with Crippen molar-refractivity contribution in [2.24, 2.45) is 5.73 Å². The van der Waals surface area contributed by atoms with Gasteiger partial charge in [-0.1, -0.05) is 6.07 Å². The molecule has 0 aliphatic rings. The molecule has 5 heteroatoms. The number of hydrogen-bond donors (Lipinski definition) is 1. The summed E-state index contributed by atoms with van der Waals surface area (Å²) < 4.78 is 0. The van der Waals surface area contributed by atoms with Crippen molar-refractivity contribution in [3.8, 4) is 0 Å². The van der Waals surface area contributed by atoms with Crippen molar-refractivity contribution in [2.75, 3.05) is 7.05 Å². The Morgan fingerprint density at radius 1 is 1.53 bits per heavy atom. The molecular weight excluding hydrogens is 232 g/mol. The zero-order valence-electron chi connectivity index (χ0n) is 9.14. The quantitative estimate of drug-likeness (QED) is 0.890. The Balaban J connectivity index is 0.00000196. The molecule has 1 aromatic rings. The number of amides is 1. The summed E-state index contributed by atoms with van der Waals surface area (Å²) in [5.74, 6) is -0.0223. The molecular formula is C10H17ClN2OS. The molecule has 0 radical (unpaired) electrons. The van der Waals surface area contributed by atoms with Crippen LogP contribution >= 0.6 is 23.7 Å². The van der Waals surface area contributed by atoms with Gasteiger partial charge in [0.1, 0.15) is 0 Å². The largest absolute Gasteiger partial charge is 0.337 e. The van der Waals surface area contributed by atoms with Crippen LogP contribution in [0.25, 0.3) is 0 Å². The van der Waals surface area contributed by atoms with E-state index in [0.29, 0.717) is 0 Å². The molecule has 1 unspecified atom stereocenters. The van der Waals surface area contributed by atoms with E-state index in [-0.39, 0.29) is 24.4 Å². The summed E-state index contributed by atoms with van der Waals surface area (Å²) in [7, 11) is 1.79. The molecule has 15 heavy (non-hydrogen) atoms. The minimum atomic E-state index is -0.428. The van der Waals surface area contributed by atoms with Crippen LogP contribution in [-0.2, 0) is 4.79 Å². The van der Waals surface area contributed by atoms with Crippen LogP contribution in [0.3, 0.4) is 0 Å². The molecule has 1 amide bonds. The lowest BCUT2D eigenvalue weighted by atomic mass is 10.2. The van der Waals surface area contributed by atoms with Gasteiger partial charge < -0.3 is 10.6 Å². The maximum Gasteiger partial charge on any atom is 0.239 e. The molecule has 0 aliphatic carbocycles. The highest BCUT2D eigenvalue weighted by Gasteiger charge is 2.20. The summed E-state index contributed by atoms with van der Waals surface area (Å²) in [5.41, 5.74) is 5.54. The van der Waals surface area contributed by atoms with E-state index in [4.69, 9.17) is 5.73 Å². The fourth-order valence-corrected chi connectivity index (χ4v) is 2.06. The van der Waals surface area contributed by atoms with Gasteiger partial charge in [-0.3, -0.25) is 4.79 Å². The summed E-state index contributed by atoms with van der Waals surface area (Å²) in [6.07, 6.45) is 0. The molecule has 1 aromatic heterocycles. The second kappa shape index (κ2) is 6.10. The topological polar surface area (TPSA) is 46.3 Å². The average molecular weight is 249 g/mol. The van der Waals surface area contributed by atoms with Crippen LogP contribution in [-0.4, -0.2) is 23.9 Å². The van der Waals surface area contributed by atoms with Gasteiger partial charge in [-0.15, -0.1) is 23.7 Å². The van der Waals surface area contributed by atoms with Crippen molar-refractivity contribution in [2.45, 2.75) is 25.9 Å². The second-order valence-electron chi connectivity index (χ2n) is 3.43. The van der Waals surface area contributed by atoms with E-state index in [1.165, 1.54) is 4.88 Å². The maximum atomic E-state index is 11.6. The third-order valence-electron chi connectivity index (χ3n) is 2.27. The molecule has 0 saturated carbocycles. The van der Waals surface area contributed by atoms with Gasteiger partial charge in [-0.05, 0) is 25.3 Å². The first-order chi connectivity index (χ1) is 6.54. The van der Waals surface area contributed by atoms with Crippen molar-refractivity contribution < 1.29 is 4.79 Å². The molecule has 1 rings (SSSR count). The molecule has 1 heterocycles. The molecule has 0 aliphatic heterocycles. The van der Waals surface area contributed by atoms with Gasteiger partial charge in [-0.25, -0.2) is 0 Å². The monoisotopic (exact) mass is 248 g/mol. The first-order valence-corrected chi connectivity index (χ1v) is 5.47. The molecule has 2 N–H and O–H groups in total. The van der Waals surface area contributed by atoms with Crippen LogP contribution in [0.4, 0.5) is 0 Å². The van der Waals surface area contributed by atoms with Crippen LogP contribution in [0, 0.1) is 0 Å². The number of rotatable bonds is 3. The Labute approximate surface area is 101 Å². The number of carbonyl (C=O) groups excluding carboxylic acids is 1. The number of nitrogens with two attached hydrogens (primary N) is 1. The van der Waals surface area contributed by atoms with Crippen LogP contribution in [0.1, 0.15) is 24.8 Å². The Morgan fingerprint density at radius 2 is 2.13 bits per heavy atom. The maximum absolute atomic E-state index is 11.6. The summed E-state index contributed by atoms with van der Waals surface area (Å²) in [4.78, 5) is 14.5. The Bertz CT molecular complexity index is 300. The first kappa shape index (κ1) is 14.4. The molecule has 0 fully saturated rings. The van der Waals surface area contributed by atoms with Crippen molar-refractivity contribution >= 4 is 29.7 Å². The van der Waals surface area contributed by atoms with Crippen molar-refractivity contribution in [3.05, 3.63) is 22.4 Å². The van der Waals surface area contributed by atoms with E-state index in [2.05, 4.69) is 0 Å². The van der Waals surface area contributed by atoms with Crippen LogP contribution in [0.15, 0.2) is 17.5 Å². The summed E-state index contributed by atoms with van der Waals surface area (Å²) >= 11 is 1.65. The normalized spacial score (nSPS) is 13.9. The lowest BCUT2D eigenvalue weighted by Gasteiger charge is -2.25. The van der Waals surface area contributed by atoms with Crippen molar-refractivity contribution in [1.82, 2.24) is 4.90 Å². The predicted octanol–water partition coefficient (Wildman–Crippen LogP) is 2.04. The molecule has 0 aromatic carbocycles. The summed E-state index contributed by atoms with van der Waals surface area (Å²) in [6, 6.07) is 3.69. The van der Waals surface area contributed by atoms with E-state index in [1.54, 1.807) is 30.2 Å². The zero-order chi connectivity index (χ0) is 10.7. The Morgan fingerprint density at radius 3 is 2.53 bits per heavy atom. The van der Waals surface area contributed by atoms with Gasteiger partial charge in [0, 0.05) is 11.9 Å². The molecule has 0 spiro atoms. The predicted molar refractivity (Wildman–Crippen MR) is 66.4 cm³/mol. The molecule has 0 bridgehead atoms. The average Bonchev–Trinajstić information content (AvgIpc) is 2.67. The fraction of sp³-hybridized carbons (Fsp3) is 0.500. The number of carbonyl (C=O) groups is 1. The Hall–Kier alpha value is -0.580. The van der Waals surface area contributed by atoms with Gasteiger partial charge in [0.25, 0.3) is 0 Å². The lowest BCUT2D eigenvalue weighted by Crippen LogP contribution is -2.40. The van der Waals surface area contributed by atoms with Crippen LogP contribution in [0.5, 0.6) is 0 Å². The van der Waals surface area contributed by atoms with E-state index in [1.807, 2.05) is 24.4 Å². The molecule has 0 saturated heterocycles. The third kappa shape index (κ3) is 3.48. The summed E-state index contributed by atoms with van der Waals surface area (Å²) in [5, 5.41) is 2.01. The summed E-state index contributed by atoms with van der Waals surface area (Å²) in [6.45, 7) is 3.71. The minimum absolute atomic E-state index is 0. The van der Waals surface area contributed by atoms with Crippen molar-refractivity contribution in [1.29, 1.82) is 0 Å². The highest BCUT2D eigenvalue weighted by molar-refractivity contribution is 7.10. The number of hydrogen-bond acceptors (Lipinski definition) is 3. The zero-order valence-corrected chi connectivity index (χ0v) is 10.8. The second-order valence-corrected chi connectivity index (χ2v) is 4.41. The molecule has 86 valence electrons. The van der Waals surface area contributed by atoms with Gasteiger partial charge in [0.2, 0.25) is 5.91 Å². The van der Waals surface area contributed by atoms with Crippen LogP contribution in [0.2, 0.25) is 0 Å². The number of likely N-dealkylation sites (N-methyl/N-ethyl adjacent to an activating group) is 1. The number of thiophene rings is 1. The van der Waals surface area contributed by atoms with E-state index >= 15 is 0 Å². The van der Waals surface area contributed by atoms with Gasteiger partial charge in [0.15, 0.2) is 0 Å². The number of nitrogens with zero attached hydrogens (tertiary/aromatic N) is 1. The first-order valence-electron chi connectivity index (χ1n) is 4.59. The van der Waals surface area contributed by atoms with Gasteiger partial charge in [-0.2, -0.15) is 0 Å². The fourth-order valence-electron chi connectivity index (χ4n) is 1.23. The standard InChI is InChI=1S/C10H16N2OS.ClH/c1-7(11)10(13)12(3)8(2)9-5-4-6-14-9;/h4-8H,11H2,1-3H3;1H/t7-,8?;/m1./s1. The van der Waals surface area contributed by atoms with E-state index in [0.717, 1.165) is 0 Å². The highest BCUT2D eigenvalue weighted by Crippen LogP contribution is 2.23. The lowest BCUT2D eigenvalue weighted by molar-refractivity contribution is -0.132. The highest BCUT2D eigenvalue weighted by atomic mass is 35.5. The van der Waals surface area contributed by atoms with Crippen molar-refractivity contribution in [3.63, 3.8) is 0 Å². The van der Waals surface area contributed by atoms with Gasteiger partial charge in [0.05, 0.1) is 12.1 Å².